The van der Waals surface area contributed by atoms with Crippen LogP contribution in [0.2, 0.25) is 0 Å². The van der Waals surface area contributed by atoms with E-state index in [1.807, 2.05) is 36.4 Å². The van der Waals surface area contributed by atoms with Crippen molar-refractivity contribution in [2.45, 2.75) is 13.0 Å². The molecule has 0 radical (unpaired) electrons. The van der Waals surface area contributed by atoms with Crippen molar-refractivity contribution in [2.24, 2.45) is 0 Å². The van der Waals surface area contributed by atoms with Gasteiger partial charge in [-0.15, -0.1) is 0 Å². The van der Waals surface area contributed by atoms with Crippen LogP contribution in [0.25, 0.3) is 27.5 Å². The summed E-state index contributed by atoms with van der Waals surface area (Å²) in [6.45, 7) is 0.562. The SMILES string of the molecule is O=c1c2cc3c(=O)n(-c4ccncc4)ccc3nc2ccn1CCc1ccccc1. The second-order valence-corrected chi connectivity index (χ2v) is 7.10. The minimum atomic E-state index is -0.216. The van der Waals surface area contributed by atoms with E-state index >= 15 is 0 Å². The third-order valence-corrected chi connectivity index (χ3v) is 5.24. The Labute approximate surface area is 171 Å². The van der Waals surface area contributed by atoms with Gasteiger partial charge in [-0.25, -0.2) is 4.98 Å². The predicted molar refractivity (Wildman–Crippen MR) is 117 cm³/mol. The van der Waals surface area contributed by atoms with E-state index < -0.39 is 0 Å². The predicted octanol–water partition coefficient (Wildman–Crippen LogP) is 3.34. The third-order valence-electron chi connectivity index (χ3n) is 5.24. The van der Waals surface area contributed by atoms with Crippen molar-refractivity contribution in [3.8, 4) is 5.69 Å². The van der Waals surface area contributed by atoms with Crippen LogP contribution in [0.15, 0.2) is 95.0 Å². The van der Waals surface area contributed by atoms with E-state index in [9.17, 15) is 9.59 Å². The van der Waals surface area contributed by atoms with E-state index in [0.29, 0.717) is 34.0 Å². The minimum Gasteiger partial charge on any atom is -0.315 e. The van der Waals surface area contributed by atoms with Gasteiger partial charge in [-0.1, -0.05) is 30.3 Å². The molecule has 146 valence electrons. The number of nitrogens with zero attached hydrogens (tertiary/aromatic N) is 4. The molecule has 0 saturated carbocycles. The highest BCUT2D eigenvalue weighted by Gasteiger charge is 2.11. The molecule has 0 N–H and O–H groups in total. The van der Waals surface area contributed by atoms with Gasteiger partial charge in [0.15, 0.2) is 0 Å². The summed E-state index contributed by atoms with van der Waals surface area (Å²) in [5, 5.41) is 0.863. The third kappa shape index (κ3) is 3.18. The number of benzene rings is 1. The summed E-state index contributed by atoms with van der Waals surface area (Å²) in [7, 11) is 0. The summed E-state index contributed by atoms with van der Waals surface area (Å²) >= 11 is 0. The molecular formula is C24H18N4O2. The average Bonchev–Trinajstić information content (AvgIpc) is 2.79. The lowest BCUT2D eigenvalue weighted by Gasteiger charge is -2.09. The molecule has 0 fully saturated rings. The van der Waals surface area contributed by atoms with Gasteiger partial charge in [0.1, 0.15) is 0 Å². The zero-order valence-corrected chi connectivity index (χ0v) is 16.1. The molecule has 0 saturated heterocycles. The van der Waals surface area contributed by atoms with E-state index in [1.165, 1.54) is 10.1 Å². The van der Waals surface area contributed by atoms with Gasteiger partial charge >= 0.3 is 0 Å². The Bertz CT molecular complexity index is 1470. The van der Waals surface area contributed by atoms with E-state index in [0.717, 1.165) is 6.42 Å². The second kappa shape index (κ2) is 7.40. The Balaban J connectivity index is 1.61. The van der Waals surface area contributed by atoms with Crippen LogP contribution in [0.4, 0.5) is 0 Å². The summed E-state index contributed by atoms with van der Waals surface area (Å²) in [5.74, 6) is 0. The summed E-state index contributed by atoms with van der Waals surface area (Å²) in [5.41, 5.74) is 2.68. The molecule has 0 aliphatic carbocycles. The van der Waals surface area contributed by atoms with Crippen molar-refractivity contribution < 1.29 is 0 Å². The molecule has 6 nitrogen and oxygen atoms in total. The molecule has 0 atom stereocenters. The highest BCUT2D eigenvalue weighted by Crippen LogP contribution is 2.16. The Morgan fingerprint density at radius 3 is 2.23 bits per heavy atom. The zero-order valence-electron chi connectivity index (χ0n) is 16.1. The van der Waals surface area contributed by atoms with Gasteiger partial charge in [0.25, 0.3) is 11.1 Å². The zero-order chi connectivity index (χ0) is 20.5. The first kappa shape index (κ1) is 18.0. The molecule has 4 heterocycles. The fourth-order valence-electron chi connectivity index (χ4n) is 3.64. The van der Waals surface area contributed by atoms with Crippen LogP contribution in [0.3, 0.4) is 0 Å². The molecular weight excluding hydrogens is 376 g/mol. The number of fused-ring (bicyclic) bond motifs is 2. The quantitative estimate of drug-likeness (QED) is 0.439. The van der Waals surface area contributed by atoms with Crippen molar-refractivity contribution in [1.82, 2.24) is 19.1 Å². The van der Waals surface area contributed by atoms with Crippen LogP contribution in [0.5, 0.6) is 0 Å². The van der Waals surface area contributed by atoms with Crippen LogP contribution in [-0.4, -0.2) is 19.1 Å². The number of hydrogen-bond acceptors (Lipinski definition) is 4. The minimum absolute atomic E-state index is 0.142. The Kier molecular flexibility index (Phi) is 4.44. The van der Waals surface area contributed by atoms with Crippen molar-refractivity contribution in [2.75, 3.05) is 0 Å². The van der Waals surface area contributed by atoms with E-state index in [4.69, 9.17) is 0 Å². The topological polar surface area (TPSA) is 69.8 Å². The van der Waals surface area contributed by atoms with Crippen molar-refractivity contribution >= 4 is 21.8 Å². The maximum Gasteiger partial charge on any atom is 0.264 e. The smallest absolute Gasteiger partial charge is 0.264 e. The molecule has 4 aromatic heterocycles. The van der Waals surface area contributed by atoms with E-state index in [2.05, 4.69) is 9.97 Å². The van der Waals surface area contributed by atoms with Crippen LogP contribution < -0.4 is 11.1 Å². The number of aryl methyl sites for hydroxylation is 2. The van der Waals surface area contributed by atoms with Gasteiger partial charge < -0.3 is 4.57 Å². The molecule has 0 unspecified atom stereocenters. The second-order valence-electron chi connectivity index (χ2n) is 7.10. The molecule has 5 rings (SSSR count). The van der Waals surface area contributed by atoms with Crippen LogP contribution in [-0.2, 0) is 13.0 Å². The van der Waals surface area contributed by atoms with Crippen molar-refractivity contribution in [1.29, 1.82) is 0 Å². The lowest BCUT2D eigenvalue weighted by atomic mass is 10.1. The average molecular weight is 394 g/mol. The van der Waals surface area contributed by atoms with E-state index in [-0.39, 0.29) is 11.1 Å². The van der Waals surface area contributed by atoms with Gasteiger partial charge in [0.2, 0.25) is 0 Å². The highest BCUT2D eigenvalue weighted by molar-refractivity contribution is 5.91. The molecule has 0 bridgehead atoms. The largest absolute Gasteiger partial charge is 0.315 e. The van der Waals surface area contributed by atoms with Gasteiger partial charge in [0, 0.05) is 31.3 Å². The molecule has 0 aliphatic heterocycles. The first-order valence-corrected chi connectivity index (χ1v) is 9.70. The van der Waals surface area contributed by atoms with Gasteiger partial charge in [-0.2, -0.15) is 0 Å². The fourth-order valence-corrected chi connectivity index (χ4v) is 3.64. The number of pyridine rings is 4. The Morgan fingerprint density at radius 1 is 0.767 bits per heavy atom. The monoisotopic (exact) mass is 394 g/mol. The Hall–Kier alpha value is -4.06. The summed E-state index contributed by atoms with van der Waals surface area (Å²) in [6, 6.07) is 18.8. The van der Waals surface area contributed by atoms with Gasteiger partial charge in [-0.3, -0.25) is 19.1 Å². The molecule has 6 heteroatoms. The van der Waals surface area contributed by atoms with E-state index in [1.54, 1.807) is 53.6 Å². The summed E-state index contributed by atoms with van der Waals surface area (Å²) in [6.07, 6.45) is 7.48. The number of rotatable bonds is 4. The van der Waals surface area contributed by atoms with Gasteiger partial charge in [-0.05, 0) is 42.3 Å². The summed E-state index contributed by atoms with van der Waals surface area (Å²) in [4.78, 5) is 34.7. The molecule has 1 aromatic carbocycles. The summed E-state index contributed by atoms with van der Waals surface area (Å²) < 4.78 is 3.21. The first-order valence-electron chi connectivity index (χ1n) is 9.70. The number of hydrogen-bond donors (Lipinski definition) is 0. The maximum atomic E-state index is 13.1. The normalized spacial score (nSPS) is 11.2. The Morgan fingerprint density at radius 2 is 1.47 bits per heavy atom. The molecule has 0 amide bonds. The maximum absolute atomic E-state index is 13.1. The van der Waals surface area contributed by atoms with Gasteiger partial charge in [0.05, 0.1) is 27.5 Å². The standard InChI is InChI=1S/C24H18N4O2/c29-23-19-16-20-22(10-15-28(24(20)30)18-6-11-25-12-7-18)26-21(19)9-14-27(23)13-8-17-4-2-1-3-5-17/h1-7,9-12,14-16H,8,13H2. The van der Waals surface area contributed by atoms with Crippen LogP contribution >= 0.6 is 0 Å². The molecule has 30 heavy (non-hydrogen) atoms. The van der Waals surface area contributed by atoms with Crippen molar-refractivity contribution in [3.63, 3.8) is 0 Å². The fraction of sp³-hybridized carbons (Fsp3) is 0.0833. The van der Waals surface area contributed by atoms with Crippen LogP contribution in [0.1, 0.15) is 5.56 Å². The first-order chi connectivity index (χ1) is 14.7. The lowest BCUT2D eigenvalue weighted by molar-refractivity contribution is 0.675. The van der Waals surface area contributed by atoms with Crippen molar-refractivity contribution in [3.05, 3.63) is 112 Å². The molecule has 5 aromatic rings. The van der Waals surface area contributed by atoms with Crippen LogP contribution in [0, 0.1) is 0 Å². The number of aromatic nitrogens is 4. The highest BCUT2D eigenvalue weighted by atomic mass is 16.1. The lowest BCUT2D eigenvalue weighted by Crippen LogP contribution is -2.22. The molecule has 0 spiro atoms. The molecule has 0 aliphatic rings.